The zero-order chi connectivity index (χ0) is 16.8. The lowest BCUT2D eigenvalue weighted by Gasteiger charge is -2.03. The van der Waals surface area contributed by atoms with E-state index in [-0.39, 0.29) is 5.69 Å². The number of aryl methyl sites for hydroxylation is 2. The number of fused-ring (bicyclic) bond motifs is 1. The number of aromatic amines is 1. The van der Waals surface area contributed by atoms with Crippen molar-refractivity contribution in [2.24, 2.45) is 0 Å². The van der Waals surface area contributed by atoms with E-state index in [4.69, 9.17) is 16.1 Å². The Labute approximate surface area is 145 Å². The molecule has 0 aliphatic carbocycles. The van der Waals surface area contributed by atoms with E-state index in [2.05, 4.69) is 15.1 Å². The average Bonchev–Trinajstić information content (AvgIpc) is 3.19. The highest BCUT2D eigenvalue weighted by Gasteiger charge is 2.15. The fourth-order valence-electron chi connectivity index (χ4n) is 2.81. The molecule has 4 aromatic rings. The Bertz CT molecular complexity index is 1090. The van der Waals surface area contributed by atoms with Gasteiger partial charge in [-0.15, -0.1) is 11.3 Å². The summed E-state index contributed by atoms with van der Waals surface area (Å²) < 4.78 is 7.59. The maximum Gasteiger partial charge on any atom is 0.328 e. The number of imidazole rings is 1. The van der Waals surface area contributed by atoms with Crippen molar-refractivity contribution >= 4 is 34.1 Å². The van der Waals surface area contributed by atoms with Gasteiger partial charge >= 0.3 is 5.69 Å². The molecule has 1 N–H and O–H groups in total. The summed E-state index contributed by atoms with van der Waals surface area (Å²) in [5.41, 5.74) is 3.67. The van der Waals surface area contributed by atoms with E-state index in [1.54, 1.807) is 10.8 Å². The SMILES string of the molecule is Cc1noc(C)c1-c1cnc2[nH]c(=O)n(Cc3ccc(Cl)s3)c2c1. The molecule has 0 radical (unpaired) electrons. The van der Waals surface area contributed by atoms with Gasteiger partial charge in [0.15, 0.2) is 5.65 Å². The number of nitrogens with zero attached hydrogens (tertiary/aromatic N) is 3. The van der Waals surface area contributed by atoms with Gasteiger partial charge in [0.25, 0.3) is 0 Å². The molecule has 0 spiro atoms. The standard InChI is InChI=1S/C16H13ClN4O2S/c1-8-14(9(2)23-20-8)10-5-12-15(18-6-10)19-16(22)21(12)7-11-3-4-13(17)24-11/h3-6H,7H2,1-2H3,(H,18,19,22). The van der Waals surface area contributed by atoms with Crippen LogP contribution in [0.2, 0.25) is 4.34 Å². The van der Waals surface area contributed by atoms with Crippen molar-refractivity contribution in [2.75, 3.05) is 0 Å². The molecule has 6 nitrogen and oxygen atoms in total. The molecule has 0 bridgehead atoms. The number of aromatic nitrogens is 4. The summed E-state index contributed by atoms with van der Waals surface area (Å²) in [5, 5.41) is 3.98. The molecule has 0 fully saturated rings. The molecule has 0 saturated carbocycles. The van der Waals surface area contributed by atoms with Crippen LogP contribution in [-0.4, -0.2) is 19.7 Å². The van der Waals surface area contributed by atoms with E-state index in [0.717, 1.165) is 33.0 Å². The number of hydrogen-bond acceptors (Lipinski definition) is 5. The third-order valence-electron chi connectivity index (χ3n) is 3.89. The minimum Gasteiger partial charge on any atom is -0.361 e. The predicted octanol–water partition coefficient (Wildman–Crippen LogP) is 3.76. The van der Waals surface area contributed by atoms with Crippen LogP contribution in [0, 0.1) is 13.8 Å². The third-order valence-corrected chi connectivity index (χ3v) is 5.11. The molecule has 0 saturated heterocycles. The highest BCUT2D eigenvalue weighted by Crippen LogP contribution is 2.28. The minimum absolute atomic E-state index is 0.196. The number of pyridine rings is 1. The number of nitrogens with one attached hydrogen (secondary N) is 1. The monoisotopic (exact) mass is 360 g/mol. The zero-order valence-electron chi connectivity index (χ0n) is 13.0. The van der Waals surface area contributed by atoms with Crippen molar-refractivity contribution in [3.63, 3.8) is 0 Å². The summed E-state index contributed by atoms with van der Waals surface area (Å²) in [6, 6.07) is 5.68. The second kappa shape index (κ2) is 5.61. The van der Waals surface area contributed by atoms with Crippen molar-refractivity contribution in [1.82, 2.24) is 19.7 Å². The first kappa shape index (κ1) is 15.2. The van der Waals surface area contributed by atoms with E-state index in [1.807, 2.05) is 32.0 Å². The molecule has 0 aliphatic heterocycles. The lowest BCUT2D eigenvalue weighted by molar-refractivity contribution is 0.393. The minimum atomic E-state index is -0.196. The number of hydrogen-bond donors (Lipinski definition) is 1. The normalized spacial score (nSPS) is 11.5. The number of H-pyrrole nitrogens is 1. The predicted molar refractivity (Wildman–Crippen MR) is 93.8 cm³/mol. The van der Waals surface area contributed by atoms with Crippen LogP contribution in [0.4, 0.5) is 0 Å². The molecule has 0 amide bonds. The van der Waals surface area contributed by atoms with Crippen molar-refractivity contribution < 1.29 is 4.52 Å². The Morgan fingerprint density at radius 3 is 2.88 bits per heavy atom. The molecule has 4 heterocycles. The molecule has 24 heavy (non-hydrogen) atoms. The summed E-state index contributed by atoms with van der Waals surface area (Å²) in [6.07, 6.45) is 1.72. The summed E-state index contributed by atoms with van der Waals surface area (Å²) in [6.45, 7) is 4.19. The highest BCUT2D eigenvalue weighted by atomic mass is 35.5. The molecule has 0 aliphatic rings. The van der Waals surface area contributed by atoms with Gasteiger partial charge in [-0.1, -0.05) is 16.8 Å². The number of halogens is 1. The van der Waals surface area contributed by atoms with Crippen LogP contribution >= 0.6 is 22.9 Å². The average molecular weight is 361 g/mol. The van der Waals surface area contributed by atoms with Gasteiger partial charge in [-0.05, 0) is 32.0 Å². The van der Waals surface area contributed by atoms with Gasteiger partial charge in [-0.25, -0.2) is 9.78 Å². The van der Waals surface area contributed by atoms with Gasteiger partial charge in [0.05, 0.1) is 22.1 Å². The Morgan fingerprint density at radius 1 is 1.38 bits per heavy atom. The topological polar surface area (TPSA) is 76.7 Å². The number of rotatable bonds is 3. The highest BCUT2D eigenvalue weighted by molar-refractivity contribution is 7.16. The van der Waals surface area contributed by atoms with Crippen LogP contribution in [-0.2, 0) is 6.54 Å². The van der Waals surface area contributed by atoms with Crippen LogP contribution in [0.15, 0.2) is 33.7 Å². The largest absolute Gasteiger partial charge is 0.361 e. The fraction of sp³-hybridized carbons (Fsp3) is 0.188. The molecule has 4 aromatic heterocycles. The maximum absolute atomic E-state index is 12.3. The Hall–Kier alpha value is -2.38. The van der Waals surface area contributed by atoms with E-state index < -0.39 is 0 Å². The zero-order valence-corrected chi connectivity index (χ0v) is 14.5. The van der Waals surface area contributed by atoms with Crippen molar-refractivity contribution in [2.45, 2.75) is 20.4 Å². The van der Waals surface area contributed by atoms with Crippen molar-refractivity contribution in [3.05, 3.63) is 55.5 Å². The van der Waals surface area contributed by atoms with Crippen molar-refractivity contribution in [3.8, 4) is 11.1 Å². The lowest BCUT2D eigenvalue weighted by Crippen LogP contribution is -2.16. The summed E-state index contributed by atoms with van der Waals surface area (Å²) in [4.78, 5) is 20.5. The number of thiophene rings is 1. The summed E-state index contributed by atoms with van der Waals surface area (Å²) in [7, 11) is 0. The second-order valence-corrected chi connectivity index (χ2v) is 7.31. The molecule has 0 atom stereocenters. The lowest BCUT2D eigenvalue weighted by atomic mass is 10.1. The van der Waals surface area contributed by atoms with Crippen LogP contribution in [0.5, 0.6) is 0 Å². The van der Waals surface area contributed by atoms with Gasteiger partial charge < -0.3 is 4.52 Å². The van der Waals surface area contributed by atoms with Crippen molar-refractivity contribution in [1.29, 1.82) is 0 Å². The van der Waals surface area contributed by atoms with E-state index in [9.17, 15) is 4.79 Å². The van der Waals surface area contributed by atoms with Crippen LogP contribution in [0.1, 0.15) is 16.3 Å². The van der Waals surface area contributed by atoms with Crippen LogP contribution in [0.25, 0.3) is 22.3 Å². The first-order chi connectivity index (χ1) is 11.5. The van der Waals surface area contributed by atoms with Crippen LogP contribution < -0.4 is 5.69 Å². The van der Waals surface area contributed by atoms with Gasteiger partial charge in [0.2, 0.25) is 0 Å². The van der Waals surface area contributed by atoms with Gasteiger partial charge in [-0.2, -0.15) is 0 Å². The summed E-state index contributed by atoms with van der Waals surface area (Å²) in [5.74, 6) is 0.725. The Balaban J connectivity index is 1.87. The molecule has 0 unspecified atom stereocenters. The first-order valence-electron chi connectivity index (χ1n) is 7.29. The molecule has 122 valence electrons. The maximum atomic E-state index is 12.3. The molecule has 4 rings (SSSR count). The van der Waals surface area contributed by atoms with E-state index >= 15 is 0 Å². The first-order valence-corrected chi connectivity index (χ1v) is 8.48. The van der Waals surface area contributed by atoms with E-state index in [1.165, 1.54) is 11.3 Å². The van der Waals surface area contributed by atoms with Gasteiger partial charge in [0, 0.05) is 22.2 Å². The fourth-order valence-corrected chi connectivity index (χ4v) is 3.89. The molecule has 8 heteroatoms. The van der Waals surface area contributed by atoms with Gasteiger partial charge in [0.1, 0.15) is 5.76 Å². The van der Waals surface area contributed by atoms with Crippen LogP contribution in [0.3, 0.4) is 0 Å². The molecular formula is C16H13ClN4O2S. The second-order valence-electron chi connectivity index (χ2n) is 5.51. The molecular weight excluding hydrogens is 348 g/mol. The Morgan fingerprint density at radius 2 is 2.21 bits per heavy atom. The third kappa shape index (κ3) is 2.46. The van der Waals surface area contributed by atoms with Gasteiger partial charge in [-0.3, -0.25) is 9.55 Å². The quantitative estimate of drug-likeness (QED) is 0.603. The Kier molecular flexibility index (Phi) is 3.54. The summed E-state index contributed by atoms with van der Waals surface area (Å²) >= 11 is 7.44. The smallest absolute Gasteiger partial charge is 0.328 e. The van der Waals surface area contributed by atoms with E-state index in [0.29, 0.717) is 16.5 Å². The molecule has 0 aromatic carbocycles.